The maximum atomic E-state index is 11.0. The molecule has 0 bridgehead atoms. The van der Waals surface area contributed by atoms with E-state index in [1.54, 1.807) is 6.07 Å². The molecule has 0 saturated heterocycles. The van der Waals surface area contributed by atoms with E-state index in [1.807, 2.05) is 6.07 Å². The topological polar surface area (TPSA) is 99.5 Å². The van der Waals surface area contributed by atoms with E-state index in [4.69, 9.17) is 5.11 Å². The van der Waals surface area contributed by atoms with Gasteiger partial charge in [-0.2, -0.15) is 0 Å². The number of non-ortho nitro benzene ring substituents is 1. The highest BCUT2D eigenvalue weighted by Crippen LogP contribution is 2.31. The lowest BCUT2D eigenvalue weighted by Gasteiger charge is -2.15. The molecule has 0 atom stereocenters. The van der Waals surface area contributed by atoms with Gasteiger partial charge < -0.3 is 15.0 Å². The van der Waals surface area contributed by atoms with Crippen LogP contribution in [0.1, 0.15) is 11.3 Å². The molecule has 1 amide bonds. The van der Waals surface area contributed by atoms with E-state index in [-0.39, 0.29) is 5.69 Å². The first kappa shape index (κ1) is 12.5. The molecule has 7 nitrogen and oxygen atoms in total. The lowest BCUT2D eigenvalue weighted by molar-refractivity contribution is -0.383. The van der Waals surface area contributed by atoms with E-state index in [9.17, 15) is 14.9 Å². The van der Waals surface area contributed by atoms with Crippen LogP contribution in [0, 0.1) is 10.1 Å². The van der Waals surface area contributed by atoms with Gasteiger partial charge in [0.25, 0.3) is 5.69 Å². The molecule has 0 radical (unpaired) electrons. The molecule has 1 aromatic heterocycles. The fraction of sp³-hybridized carbons (Fsp3) is 0.308. The van der Waals surface area contributed by atoms with Gasteiger partial charge in [0, 0.05) is 36.7 Å². The molecular formula is C13H13N3O4. The Balaban J connectivity index is 2.08. The number of benzene rings is 1. The molecule has 2 heterocycles. The molecule has 3 rings (SSSR count). The summed E-state index contributed by atoms with van der Waals surface area (Å²) in [7, 11) is 0. The number of H-pyrrole nitrogens is 1. The summed E-state index contributed by atoms with van der Waals surface area (Å²) in [5.41, 5.74) is 2.49. The lowest BCUT2D eigenvalue weighted by atomic mass is 10.1. The van der Waals surface area contributed by atoms with Crippen LogP contribution in [0.5, 0.6) is 0 Å². The third-order valence-corrected chi connectivity index (χ3v) is 3.74. The predicted molar refractivity (Wildman–Crippen MR) is 72.0 cm³/mol. The Morgan fingerprint density at radius 3 is 2.80 bits per heavy atom. The first-order valence-corrected chi connectivity index (χ1v) is 6.32. The highest BCUT2D eigenvalue weighted by Gasteiger charge is 2.23. The maximum Gasteiger partial charge on any atom is 0.407 e. The minimum absolute atomic E-state index is 0.0608. The zero-order valence-corrected chi connectivity index (χ0v) is 10.6. The second-order valence-electron chi connectivity index (χ2n) is 4.81. The summed E-state index contributed by atoms with van der Waals surface area (Å²) in [6, 6.07) is 4.98. The monoisotopic (exact) mass is 275 g/mol. The summed E-state index contributed by atoms with van der Waals surface area (Å²) in [6.45, 7) is 0.820. The SMILES string of the molecule is O=C(O)N1CCc2[nH]c3c([N+](=O)[O-])cccc3c2CC1. The molecule has 0 saturated carbocycles. The normalized spacial score (nSPS) is 14.9. The van der Waals surface area contributed by atoms with Gasteiger partial charge in [-0.25, -0.2) is 4.79 Å². The number of hydrogen-bond acceptors (Lipinski definition) is 3. The molecule has 0 fully saturated rings. The van der Waals surface area contributed by atoms with Gasteiger partial charge in [0.2, 0.25) is 0 Å². The Morgan fingerprint density at radius 1 is 1.35 bits per heavy atom. The second-order valence-corrected chi connectivity index (χ2v) is 4.81. The number of carboxylic acid groups (broad SMARTS) is 1. The lowest BCUT2D eigenvalue weighted by Crippen LogP contribution is -2.31. The number of amides is 1. The van der Waals surface area contributed by atoms with E-state index in [1.165, 1.54) is 11.0 Å². The van der Waals surface area contributed by atoms with Crippen molar-refractivity contribution in [1.82, 2.24) is 9.88 Å². The summed E-state index contributed by atoms with van der Waals surface area (Å²) < 4.78 is 0. The molecule has 0 unspecified atom stereocenters. The molecule has 0 spiro atoms. The Kier molecular flexibility index (Phi) is 2.81. The van der Waals surface area contributed by atoms with Crippen molar-refractivity contribution in [2.24, 2.45) is 0 Å². The molecule has 7 heteroatoms. The van der Waals surface area contributed by atoms with Crippen molar-refractivity contribution in [2.75, 3.05) is 13.1 Å². The first-order chi connectivity index (χ1) is 9.58. The van der Waals surface area contributed by atoms with Crippen LogP contribution in [0.3, 0.4) is 0 Å². The largest absolute Gasteiger partial charge is 0.465 e. The van der Waals surface area contributed by atoms with E-state index in [0.29, 0.717) is 31.4 Å². The highest BCUT2D eigenvalue weighted by molar-refractivity contribution is 5.91. The van der Waals surface area contributed by atoms with Gasteiger partial charge in [-0.3, -0.25) is 10.1 Å². The number of nitro benzene ring substituents is 1. The number of hydrogen-bond donors (Lipinski definition) is 2. The van der Waals surface area contributed by atoms with Crippen molar-refractivity contribution in [3.05, 3.63) is 39.6 Å². The van der Waals surface area contributed by atoms with Crippen molar-refractivity contribution in [3.8, 4) is 0 Å². The minimum Gasteiger partial charge on any atom is -0.465 e. The number of nitro groups is 1. The number of nitrogens with one attached hydrogen (secondary N) is 1. The molecular weight excluding hydrogens is 262 g/mol. The Morgan fingerprint density at radius 2 is 2.10 bits per heavy atom. The van der Waals surface area contributed by atoms with Gasteiger partial charge in [0.1, 0.15) is 5.52 Å². The van der Waals surface area contributed by atoms with Crippen molar-refractivity contribution >= 4 is 22.7 Å². The fourth-order valence-corrected chi connectivity index (χ4v) is 2.76. The van der Waals surface area contributed by atoms with Crippen molar-refractivity contribution in [1.29, 1.82) is 0 Å². The Bertz CT molecular complexity index is 707. The van der Waals surface area contributed by atoms with Gasteiger partial charge in [0.15, 0.2) is 0 Å². The Labute approximate surface area is 114 Å². The van der Waals surface area contributed by atoms with Crippen LogP contribution >= 0.6 is 0 Å². The van der Waals surface area contributed by atoms with Crippen LogP contribution in [-0.2, 0) is 12.8 Å². The average Bonchev–Trinajstić information content (AvgIpc) is 2.62. The maximum absolute atomic E-state index is 11.0. The number of carbonyl (C=O) groups is 1. The molecule has 1 aliphatic rings. The van der Waals surface area contributed by atoms with Crippen LogP contribution < -0.4 is 0 Å². The van der Waals surface area contributed by atoms with E-state index in [2.05, 4.69) is 4.98 Å². The summed E-state index contributed by atoms with van der Waals surface area (Å²) in [4.78, 5) is 26.1. The third-order valence-electron chi connectivity index (χ3n) is 3.74. The van der Waals surface area contributed by atoms with Gasteiger partial charge >= 0.3 is 6.09 Å². The standard InChI is InChI=1S/C13H13N3O4/c17-13(18)15-6-4-8-9-2-1-3-11(16(19)20)12(9)14-10(8)5-7-15/h1-3,14H,4-7H2,(H,17,18). The van der Waals surface area contributed by atoms with Crippen LogP contribution in [-0.4, -0.2) is 39.1 Å². The number of rotatable bonds is 1. The van der Waals surface area contributed by atoms with Crippen LogP contribution in [0.2, 0.25) is 0 Å². The number of fused-ring (bicyclic) bond motifs is 3. The van der Waals surface area contributed by atoms with Gasteiger partial charge in [-0.15, -0.1) is 0 Å². The third kappa shape index (κ3) is 1.87. The summed E-state index contributed by atoms with van der Waals surface area (Å²) in [5.74, 6) is 0. The van der Waals surface area contributed by atoms with Gasteiger partial charge in [-0.1, -0.05) is 12.1 Å². The molecule has 0 aliphatic carbocycles. The summed E-state index contributed by atoms with van der Waals surface area (Å²) in [5, 5.41) is 20.9. The van der Waals surface area contributed by atoms with E-state index >= 15 is 0 Å². The smallest absolute Gasteiger partial charge is 0.407 e. The Hall–Kier alpha value is -2.57. The molecule has 1 aromatic carbocycles. The van der Waals surface area contributed by atoms with E-state index < -0.39 is 11.0 Å². The van der Waals surface area contributed by atoms with Crippen LogP contribution in [0.4, 0.5) is 10.5 Å². The predicted octanol–water partition coefficient (Wildman–Crippen LogP) is 2.15. The second kappa shape index (κ2) is 4.52. The quantitative estimate of drug-likeness (QED) is 0.615. The van der Waals surface area contributed by atoms with Crippen molar-refractivity contribution in [3.63, 3.8) is 0 Å². The molecule has 2 aromatic rings. The van der Waals surface area contributed by atoms with Gasteiger partial charge in [-0.05, 0) is 12.0 Å². The minimum atomic E-state index is -0.926. The summed E-state index contributed by atoms with van der Waals surface area (Å²) >= 11 is 0. The highest BCUT2D eigenvalue weighted by atomic mass is 16.6. The van der Waals surface area contributed by atoms with Crippen molar-refractivity contribution in [2.45, 2.75) is 12.8 Å². The first-order valence-electron chi connectivity index (χ1n) is 6.32. The van der Waals surface area contributed by atoms with Crippen LogP contribution in [0.25, 0.3) is 10.9 Å². The van der Waals surface area contributed by atoms with Crippen LogP contribution in [0.15, 0.2) is 18.2 Å². The number of nitrogens with zero attached hydrogens (tertiary/aromatic N) is 2. The summed E-state index contributed by atoms with van der Waals surface area (Å²) in [6.07, 6.45) is 0.196. The number of aromatic nitrogens is 1. The zero-order valence-electron chi connectivity index (χ0n) is 10.6. The van der Waals surface area contributed by atoms with Gasteiger partial charge in [0.05, 0.1) is 4.92 Å². The number of para-hydroxylation sites is 1. The molecule has 1 aliphatic heterocycles. The average molecular weight is 275 g/mol. The molecule has 104 valence electrons. The fourth-order valence-electron chi connectivity index (χ4n) is 2.76. The van der Waals surface area contributed by atoms with E-state index in [0.717, 1.165) is 16.6 Å². The molecule has 2 N–H and O–H groups in total. The van der Waals surface area contributed by atoms with Crippen molar-refractivity contribution < 1.29 is 14.8 Å². The zero-order chi connectivity index (χ0) is 14.3. The number of aromatic amines is 1. The molecule has 20 heavy (non-hydrogen) atoms.